The van der Waals surface area contributed by atoms with E-state index in [0.29, 0.717) is 42.6 Å². The number of aromatic carboxylic acids is 1. The Labute approximate surface area is 144 Å². The number of carbonyl (C=O) groups is 2. The van der Waals surface area contributed by atoms with E-state index in [2.05, 4.69) is 4.98 Å². The van der Waals surface area contributed by atoms with E-state index in [1.54, 1.807) is 35.2 Å². The maximum Gasteiger partial charge on any atom is 0.335 e. The van der Waals surface area contributed by atoms with E-state index in [1.165, 1.54) is 12.3 Å². The second-order valence-corrected chi connectivity index (χ2v) is 5.93. The highest BCUT2D eigenvalue weighted by atomic mass is 35.5. The molecule has 1 N–H and O–H groups in total. The molecule has 0 aliphatic carbocycles. The molecular formula is C17H16ClN3O3. The molecule has 24 heavy (non-hydrogen) atoms. The first-order valence-electron chi connectivity index (χ1n) is 7.54. The second-order valence-electron chi connectivity index (χ2n) is 5.49. The molecule has 3 rings (SSSR count). The minimum absolute atomic E-state index is 0.0291. The summed E-state index contributed by atoms with van der Waals surface area (Å²) in [5.41, 5.74) is 0.818. The van der Waals surface area contributed by atoms with E-state index in [-0.39, 0.29) is 11.5 Å². The largest absolute Gasteiger partial charge is 0.478 e. The predicted molar refractivity (Wildman–Crippen MR) is 90.8 cm³/mol. The smallest absolute Gasteiger partial charge is 0.335 e. The number of carbonyl (C=O) groups excluding carboxylic acids is 1. The van der Waals surface area contributed by atoms with E-state index >= 15 is 0 Å². The van der Waals surface area contributed by atoms with Crippen molar-refractivity contribution >= 4 is 29.3 Å². The van der Waals surface area contributed by atoms with Gasteiger partial charge in [-0.3, -0.25) is 4.79 Å². The van der Waals surface area contributed by atoms with Crippen LogP contribution in [0.2, 0.25) is 5.02 Å². The third-order valence-electron chi connectivity index (χ3n) is 3.97. The summed E-state index contributed by atoms with van der Waals surface area (Å²) in [6.45, 7) is 2.33. The topological polar surface area (TPSA) is 73.7 Å². The Morgan fingerprint density at radius 2 is 1.67 bits per heavy atom. The van der Waals surface area contributed by atoms with Gasteiger partial charge in [-0.1, -0.05) is 11.6 Å². The number of anilines is 1. The first-order chi connectivity index (χ1) is 11.5. The molecule has 0 saturated carbocycles. The summed E-state index contributed by atoms with van der Waals surface area (Å²) in [5, 5.41) is 9.66. The van der Waals surface area contributed by atoms with E-state index in [4.69, 9.17) is 16.7 Å². The first-order valence-corrected chi connectivity index (χ1v) is 7.91. The molecule has 124 valence electrons. The van der Waals surface area contributed by atoms with Gasteiger partial charge in [-0.15, -0.1) is 0 Å². The van der Waals surface area contributed by atoms with Gasteiger partial charge in [-0.25, -0.2) is 9.78 Å². The molecule has 1 aromatic heterocycles. The van der Waals surface area contributed by atoms with E-state index in [9.17, 15) is 9.59 Å². The van der Waals surface area contributed by atoms with Gasteiger partial charge in [0.05, 0.1) is 5.56 Å². The molecule has 0 spiro atoms. The average molecular weight is 346 g/mol. The zero-order chi connectivity index (χ0) is 17.1. The number of carboxylic acids is 1. The first kappa shape index (κ1) is 16.3. The van der Waals surface area contributed by atoms with Gasteiger partial charge in [0.25, 0.3) is 5.91 Å². The summed E-state index contributed by atoms with van der Waals surface area (Å²) >= 11 is 5.84. The molecule has 0 unspecified atom stereocenters. The maximum absolute atomic E-state index is 12.5. The molecule has 6 nitrogen and oxygen atoms in total. The Hall–Kier alpha value is -2.60. The van der Waals surface area contributed by atoms with Crippen LogP contribution in [0.1, 0.15) is 20.7 Å². The van der Waals surface area contributed by atoms with Crippen molar-refractivity contribution in [3.8, 4) is 0 Å². The van der Waals surface area contributed by atoms with Crippen LogP contribution in [0.15, 0.2) is 42.6 Å². The minimum Gasteiger partial charge on any atom is -0.478 e. The number of hydrogen-bond donors (Lipinski definition) is 1. The second kappa shape index (κ2) is 6.88. The van der Waals surface area contributed by atoms with Crippen molar-refractivity contribution in [1.82, 2.24) is 9.88 Å². The van der Waals surface area contributed by atoms with Crippen LogP contribution in [0.3, 0.4) is 0 Å². The van der Waals surface area contributed by atoms with Crippen LogP contribution in [0, 0.1) is 0 Å². The van der Waals surface area contributed by atoms with Gasteiger partial charge < -0.3 is 14.9 Å². The molecule has 7 heteroatoms. The number of piperazine rings is 1. The molecule has 1 fully saturated rings. The summed E-state index contributed by atoms with van der Waals surface area (Å²) < 4.78 is 0. The van der Waals surface area contributed by atoms with Gasteiger partial charge >= 0.3 is 5.97 Å². The zero-order valence-corrected chi connectivity index (χ0v) is 13.6. The lowest BCUT2D eigenvalue weighted by Gasteiger charge is -2.35. The van der Waals surface area contributed by atoms with Crippen molar-refractivity contribution in [2.24, 2.45) is 0 Å². The van der Waals surface area contributed by atoms with Crippen molar-refractivity contribution in [3.05, 3.63) is 58.7 Å². The molecule has 1 saturated heterocycles. The molecule has 1 aliphatic heterocycles. The van der Waals surface area contributed by atoms with E-state index in [1.807, 2.05) is 4.90 Å². The monoisotopic (exact) mass is 345 g/mol. The number of amides is 1. The van der Waals surface area contributed by atoms with Crippen molar-refractivity contribution < 1.29 is 14.7 Å². The predicted octanol–water partition coefficient (Wildman–Crippen LogP) is 2.40. The Kier molecular flexibility index (Phi) is 4.66. The van der Waals surface area contributed by atoms with Gasteiger partial charge in [0.15, 0.2) is 0 Å². The van der Waals surface area contributed by atoms with Crippen molar-refractivity contribution in [1.29, 1.82) is 0 Å². The molecule has 0 bridgehead atoms. The van der Waals surface area contributed by atoms with Crippen LogP contribution in [0.25, 0.3) is 0 Å². The fraction of sp³-hybridized carbons (Fsp3) is 0.235. The summed E-state index contributed by atoms with van der Waals surface area (Å²) in [7, 11) is 0. The lowest BCUT2D eigenvalue weighted by Crippen LogP contribution is -2.49. The highest BCUT2D eigenvalue weighted by Crippen LogP contribution is 2.17. The fourth-order valence-electron chi connectivity index (χ4n) is 2.64. The highest BCUT2D eigenvalue weighted by molar-refractivity contribution is 6.30. The van der Waals surface area contributed by atoms with E-state index in [0.717, 1.165) is 0 Å². The Morgan fingerprint density at radius 1 is 1.00 bits per heavy atom. The number of nitrogens with zero attached hydrogens (tertiary/aromatic N) is 3. The summed E-state index contributed by atoms with van der Waals surface area (Å²) in [6.07, 6.45) is 1.49. The Balaban J connectivity index is 1.65. The fourth-order valence-corrected chi connectivity index (χ4v) is 2.76. The lowest BCUT2D eigenvalue weighted by atomic mass is 10.2. The lowest BCUT2D eigenvalue weighted by molar-refractivity contribution is 0.0696. The van der Waals surface area contributed by atoms with Crippen LogP contribution in [-0.2, 0) is 0 Å². The SMILES string of the molecule is O=C(O)c1ccnc(N2CCN(C(=O)c3ccc(Cl)cc3)CC2)c1. The third-order valence-corrected chi connectivity index (χ3v) is 4.23. The Bertz CT molecular complexity index is 756. The van der Waals surface area contributed by atoms with Crippen LogP contribution < -0.4 is 4.90 Å². The summed E-state index contributed by atoms with van der Waals surface area (Å²) in [6, 6.07) is 9.85. The minimum atomic E-state index is -0.977. The zero-order valence-electron chi connectivity index (χ0n) is 12.9. The number of rotatable bonds is 3. The normalized spacial score (nSPS) is 14.5. The van der Waals surface area contributed by atoms with Gasteiger partial charge in [0, 0.05) is 43.0 Å². The molecule has 2 aromatic rings. The number of pyridine rings is 1. The van der Waals surface area contributed by atoms with Crippen LogP contribution >= 0.6 is 11.6 Å². The molecular weight excluding hydrogens is 330 g/mol. The number of benzene rings is 1. The molecule has 1 amide bonds. The average Bonchev–Trinajstić information content (AvgIpc) is 2.62. The summed E-state index contributed by atoms with van der Waals surface area (Å²) in [5.74, 6) is -0.387. The van der Waals surface area contributed by atoms with Crippen molar-refractivity contribution in [3.63, 3.8) is 0 Å². The third kappa shape index (κ3) is 3.49. The quantitative estimate of drug-likeness (QED) is 0.924. The van der Waals surface area contributed by atoms with Crippen LogP contribution in [0.4, 0.5) is 5.82 Å². The van der Waals surface area contributed by atoms with Crippen LogP contribution in [-0.4, -0.2) is 53.0 Å². The van der Waals surface area contributed by atoms with Gasteiger partial charge in [-0.05, 0) is 36.4 Å². The maximum atomic E-state index is 12.5. The molecule has 0 atom stereocenters. The molecule has 0 radical (unpaired) electrons. The van der Waals surface area contributed by atoms with Crippen molar-refractivity contribution in [2.45, 2.75) is 0 Å². The van der Waals surface area contributed by atoms with Gasteiger partial charge in [0.1, 0.15) is 5.82 Å². The number of carboxylic acid groups (broad SMARTS) is 1. The summed E-state index contributed by atoms with van der Waals surface area (Å²) in [4.78, 5) is 31.5. The number of hydrogen-bond acceptors (Lipinski definition) is 4. The van der Waals surface area contributed by atoms with Crippen molar-refractivity contribution in [2.75, 3.05) is 31.1 Å². The molecule has 2 heterocycles. The standard InChI is InChI=1S/C17H16ClN3O3/c18-14-3-1-12(2-4-14)16(22)21-9-7-20(8-10-21)15-11-13(17(23)24)5-6-19-15/h1-6,11H,7-10H2,(H,23,24). The van der Waals surface area contributed by atoms with Gasteiger partial charge in [0.2, 0.25) is 0 Å². The Morgan fingerprint density at radius 3 is 2.29 bits per heavy atom. The number of halogens is 1. The highest BCUT2D eigenvalue weighted by Gasteiger charge is 2.23. The van der Waals surface area contributed by atoms with E-state index < -0.39 is 5.97 Å². The van der Waals surface area contributed by atoms with Gasteiger partial charge in [-0.2, -0.15) is 0 Å². The molecule has 1 aliphatic rings. The number of aromatic nitrogens is 1. The molecule has 1 aromatic carbocycles. The van der Waals surface area contributed by atoms with Crippen LogP contribution in [0.5, 0.6) is 0 Å².